The Hall–Kier alpha value is -2.07. The average Bonchev–Trinajstić information content (AvgIpc) is 3.19. The number of nitrogens with one attached hydrogen (secondary N) is 1. The largest absolute Gasteiger partial charge is 0.465 e. The van der Waals surface area contributed by atoms with Gasteiger partial charge in [-0.1, -0.05) is 12.1 Å². The summed E-state index contributed by atoms with van der Waals surface area (Å²) in [4.78, 5) is 11.6. The van der Waals surface area contributed by atoms with Crippen molar-refractivity contribution < 1.29 is 13.9 Å². The van der Waals surface area contributed by atoms with E-state index in [1.807, 2.05) is 18.2 Å². The Morgan fingerprint density at radius 3 is 2.28 bits per heavy atom. The van der Waals surface area contributed by atoms with E-state index in [9.17, 15) is 4.79 Å². The van der Waals surface area contributed by atoms with Gasteiger partial charge >= 0.3 is 5.97 Å². The Morgan fingerprint density at radius 2 is 1.69 bits per heavy atom. The number of rotatable bonds is 6. The number of furan rings is 1. The molecule has 4 nitrogen and oxygen atoms in total. The van der Waals surface area contributed by atoms with E-state index in [1.54, 1.807) is 12.1 Å². The van der Waals surface area contributed by atoms with Crippen molar-refractivity contribution in [3.63, 3.8) is 0 Å². The normalized spacial score (nSPS) is 31.0. The number of benzene rings is 1. The van der Waals surface area contributed by atoms with Crippen LogP contribution in [0.15, 0.2) is 40.8 Å². The van der Waals surface area contributed by atoms with Crippen molar-refractivity contribution in [1.29, 1.82) is 0 Å². The lowest BCUT2D eigenvalue weighted by atomic mass is 9.48. The zero-order chi connectivity index (χ0) is 20.0. The molecule has 154 valence electrons. The van der Waals surface area contributed by atoms with E-state index in [2.05, 4.69) is 18.3 Å². The first kappa shape index (κ1) is 18.9. The van der Waals surface area contributed by atoms with Crippen LogP contribution < -0.4 is 5.32 Å². The summed E-state index contributed by atoms with van der Waals surface area (Å²) in [6.45, 7) is 3.16. The summed E-state index contributed by atoms with van der Waals surface area (Å²) < 4.78 is 10.8. The van der Waals surface area contributed by atoms with Crippen LogP contribution in [-0.2, 0) is 11.3 Å². The summed E-state index contributed by atoms with van der Waals surface area (Å²) in [5.41, 5.74) is 2.03. The van der Waals surface area contributed by atoms with Gasteiger partial charge in [-0.25, -0.2) is 4.79 Å². The monoisotopic (exact) mass is 393 g/mol. The Balaban J connectivity index is 1.22. The van der Waals surface area contributed by atoms with Gasteiger partial charge in [0.05, 0.1) is 19.2 Å². The summed E-state index contributed by atoms with van der Waals surface area (Å²) in [5, 5.41) is 3.80. The van der Waals surface area contributed by atoms with Crippen molar-refractivity contribution in [1.82, 2.24) is 5.32 Å². The van der Waals surface area contributed by atoms with E-state index in [0.29, 0.717) is 17.0 Å². The average molecular weight is 394 g/mol. The predicted molar refractivity (Wildman–Crippen MR) is 112 cm³/mol. The summed E-state index contributed by atoms with van der Waals surface area (Å²) in [6.07, 6.45) is 8.72. The molecule has 0 aliphatic heterocycles. The second-order valence-corrected chi connectivity index (χ2v) is 9.72. The molecule has 1 atom stereocenters. The molecule has 1 heterocycles. The lowest BCUT2D eigenvalue weighted by molar-refractivity contribution is -0.0708. The first-order valence-electron chi connectivity index (χ1n) is 11.1. The third kappa shape index (κ3) is 3.52. The molecule has 6 rings (SSSR count). The van der Waals surface area contributed by atoms with Crippen LogP contribution in [0.2, 0.25) is 0 Å². The number of carbonyl (C=O) groups excluding carboxylic acids is 1. The van der Waals surface area contributed by atoms with Gasteiger partial charge in [0, 0.05) is 11.6 Å². The molecule has 0 spiro atoms. The van der Waals surface area contributed by atoms with Crippen molar-refractivity contribution in [2.45, 2.75) is 58.0 Å². The van der Waals surface area contributed by atoms with E-state index >= 15 is 0 Å². The molecule has 4 saturated carbocycles. The molecule has 29 heavy (non-hydrogen) atoms. The first-order valence-corrected chi connectivity index (χ1v) is 11.1. The van der Waals surface area contributed by atoms with Gasteiger partial charge in [0.1, 0.15) is 11.5 Å². The Bertz CT molecular complexity index is 846. The minimum absolute atomic E-state index is 0.320. The quantitative estimate of drug-likeness (QED) is 0.665. The van der Waals surface area contributed by atoms with Gasteiger partial charge < -0.3 is 14.5 Å². The Labute approximate surface area is 173 Å². The van der Waals surface area contributed by atoms with Crippen LogP contribution in [-0.4, -0.2) is 19.1 Å². The molecule has 0 saturated heterocycles. The highest BCUT2D eigenvalue weighted by molar-refractivity contribution is 5.89. The molecule has 1 N–H and O–H groups in total. The van der Waals surface area contributed by atoms with Crippen molar-refractivity contribution in [2.24, 2.45) is 23.2 Å². The van der Waals surface area contributed by atoms with Crippen LogP contribution in [0.4, 0.5) is 0 Å². The molecule has 1 aromatic carbocycles. The number of hydrogen-bond donors (Lipinski definition) is 1. The fourth-order valence-corrected chi connectivity index (χ4v) is 6.69. The molecule has 4 bridgehead atoms. The summed E-state index contributed by atoms with van der Waals surface area (Å²) in [5.74, 6) is 4.42. The predicted octanol–water partition coefficient (Wildman–Crippen LogP) is 5.43. The van der Waals surface area contributed by atoms with Crippen LogP contribution in [0.1, 0.15) is 61.6 Å². The molecule has 1 aromatic heterocycles. The molecule has 0 radical (unpaired) electrons. The maximum atomic E-state index is 11.6. The van der Waals surface area contributed by atoms with Gasteiger partial charge in [0.2, 0.25) is 0 Å². The smallest absolute Gasteiger partial charge is 0.337 e. The fourth-order valence-electron chi connectivity index (χ4n) is 6.69. The number of hydrogen-bond acceptors (Lipinski definition) is 4. The topological polar surface area (TPSA) is 51.5 Å². The van der Waals surface area contributed by atoms with Crippen molar-refractivity contribution in [2.75, 3.05) is 7.11 Å². The zero-order valence-electron chi connectivity index (χ0n) is 17.4. The van der Waals surface area contributed by atoms with Crippen LogP contribution in [0.25, 0.3) is 11.3 Å². The summed E-state index contributed by atoms with van der Waals surface area (Å²) >= 11 is 0. The molecule has 2 aromatic rings. The third-order valence-corrected chi connectivity index (χ3v) is 7.84. The maximum absolute atomic E-state index is 11.6. The number of methoxy groups -OCH3 is 1. The van der Waals surface area contributed by atoms with Crippen molar-refractivity contribution >= 4 is 5.97 Å². The van der Waals surface area contributed by atoms with Crippen LogP contribution >= 0.6 is 0 Å². The van der Waals surface area contributed by atoms with Gasteiger partial charge in [-0.15, -0.1) is 0 Å². The second kappa shape index (κ2) is 7.32. The Morgan fingerprint density at radius 1 is 1.07 bits per heavy atom. The van der Waals surface area contributed by atoms with E-state index in [0.717, 1.165) is 41.4 Å². The minimum Gasteiger partial charge on any atom is -0.465 e. The van der Waals surface area contributed by atoms with Gasteiger partial charge in [-0.05, 0) is 92.9 Å². The van der Waals surface area contributed by atoms with Gasteiger partial charge in [0.25, 0.3) is 0 Å². The van der Waals surface area contributed by atoms with Crippen LogP contribution in [0.3, 0.4) is 0 Å². The molecule has 4 aliphatic carbocycles. The zero-order valence-corrected chi connectivity index (χ0v) is 17.4. The number of carbonyl (C=O) groups is 1. The number of esters is 1. The minimum atomic E-state index is -0.320. The lowest BCUT2D eigenvalue weighted by Gasteiger charge is -2.59. The van der Waals surface area contributed by atoms with Crippen molar-refractivity contribution in [3.8, 4) is 11.3 Å². The van der Waals surface area contributed by atoms with Gasteiger partial charge in [-0.2, -0.15) is 0 Å². The fraction of sp³-hybridized carbons (Fsp3) is 0.560. The van der Waals surface area contributed by atoms with E-state index in [1.165, 1.54) is 45.6 Å². The van der Waals surface area contributed by atoms with Gasteiger partial charge in [0.15, 0.2) is 0 Å². The SMILES string of the molecule is COC(=O)c1ccc(-c2ccc(CNC(C)C34CC5CC(CC(C5)C3)C4)o2)cc1. The molecular formula is C25H31NO3. The summed E-state index contributed by atoms with van der Waals surface area (Å²) in [7, 11) is 1.40. The maximum Gasteiger partial charge on any atom is 0.337 e. The third-order valence-electron chi connectivity index (χ3n) is 7.84. The molecule has 0 amide bonds. The molecule has 4 aliphatic rings. The van der Waals surface area contributed by atoms with Gasteiger partial charge in [-0.3, -0.25) is 0 Å². The molecule has 4 fully saturated rings. The molecule has 4 heteroatoms. The van der Waals surface area contributed by atoms with Crippen molar-refractivity contribution in [3.05, 3.63) is 47.7 Å². The molecular weight excluding hydrogens is 362 g/mol. The lowest BCUT2D eigenvalue weighted by Crippen LogP contribution is -2.54. The standard InChI is InChI=1S/C25H31NO3/c1-16(25-12-17-9-18(13-25)11-19(10-17)14-25)26-15-22-7-8-23(29-22)20-3-5-21(6-4-20)24(27)28-2/h3-8,16-19,26H,9-15H2,1-2H3. The van der Waals surface area contributed by atoms with Crippen LogP contribution in [0, 0.1) is 23.2 Å². The molecule has 1 unspecified atom stereocenters. The highest BCUT2D eigenvalue weighted by atomic mass is 16.5. The van der Waals surface area contributed by atoms with E-state index in [4.69, 9.17) is 9.15 Å². The number of ether oxygens (including phenoxy) is 1. The van der Waals surface area contributed by atoms with Crippen LogP contribution in [0.5, 0.6) is 0 Å². The van der Waals surface area contributed by atoms with E-state index < -0.39 is 0 Å². The van der Waals surface area contributed by atoms with E-state index in [-0.39, 0.29) is 5.97 Å². The summed E-state index contributed by atoms with van der Waals surface area (Å²) in [6, 6.07) is 12.0. The Kier molecular flexibility index (Phi) is 4.78. The second-order valence-electron chi connectivity index (χ2n) is 9.72. The highest BCUT2D eigenvalue weighted by Crippen LogP contribution is 2.61. The first-order chi connectivity index (χ1) is 14.0. The highest BCUT2D eigenvalue weighted by Gasteiger charge is 2.52.